The Kier molecular flexibility index (Phi) is 7.85. The van der Waals surface area contributed by atoms with Crippen molar-refractivity contribution in [2.75, 3.05) is 4.90 Å². The van der Waals surface area contributed by atoms with Gasteiger partial charge in [-0.2, -0.15) is 0 Å². The lowest BCUT2D eigenvalue weighted by molar-refractivity contribution is 0.669. The quantitative estimate of drug-likeness (QED) is 0.166. The highest BCUT2D eigenvalue weighted by molar-refractivity contribution is 6.06. The largest absolute Gasteiger partial charge is 0.456 e. The average molecular weight is 690 g/mol. The van der Waals surface area contributed by atoms with Crippen LogP contribution < -0.4 is 4.90 Å². The zero-order chi connectivity index (χ0) is 35.8. The summed E-state index contributed by atoms with van der Waals surface area (Å²) >= 11 is 0. The van der Waals surface area contributed by atoms with Gasteiger partial charge in [0.05, 0.1) is 5.69 Å². The molecule has 0 amide bonds. The molecule has 10 rings (SSSR count). The molecule has 0 radical (unpaired) electrons. The van der Waals surface area contributed by atoms with Crippen molar-refractivity contribution in [2.45, 2.75) is 0 Å². The van der Waals surface area contributed by atoms with Crippen LogP contribution in [0.15, 0.2) is 217 Å². The third-order valence-electron chi connectivity index (χ3n) is 10.5. The molecule has 254 valence electrons. The molecule has 0 aliphatic rings. The number of para-hydroxylation sites is 1. The highest BCUT2D eigenvalue weighted by Crippen LogP contribution is 2.41. The van der Waals surface area contributed by atoms with Crippen molar-refractivity contribution in [3.63, 3.8) is 0 Å². The van der Waals surface area contributed by atoms with Gasteiger partial charge >= 0.3 is 0 Å². The summed E-state index contributed by atoms with van der Waals surface area (Å²) in [7, 11) is 0. The van der Waals surface area contributed by atoms with E-state index in [0.29, 0.717) is 0 Å². The number of fused-ring (bicyclic) bond motifs is 4. The number of nitrogens with zero attached hydrogens (tertiary/aromatic N) is 1. The molecular formula is C52H35NO. The first-order valence-corrected chi connectivity index (χ1v) is 18.4. The molecule has 9 aromatic carbocycles. The zero-order valence-corrected chi connectivity index (χ0v) is 29.6. The van der Waals surface area contributed by atoms with E-state index in [1.807, 2.05) is 12.1 Å². The van der Waals surface area contributed by atoms with E-state index in [-0.39, 0.29) is 0 Å². The van der Waals surface area contributed by atoms with Crippen LogP contribution in [0.1, 0.15) is 0 Å². The number of rotatable bonds is 7. The first kappa shape index (κ1) is 31.6. The number of furan rings is 1. The summed E-state index contributed by atoms with van der Waals surface area (Å²) in [6.45, 7) is 0. The molecule has 0 saturated heterocycles. The summed E-state index contributed by atoms with van der Waals surface area (Å²) in [4.78, 5) is 2.37. The summed E-state index contributed by atoms with van der Waals surface area (Å²) in [5.41, 5.74) is 14.7. The second kappa shape index (κ2) is 13.4. The Morgan fingerprint density at radius 2 is 0.722 bits per heavy atom. The SMILES string of the molecule is c1ccc(-c2cccc(-c3ccc(N(c4ccc(-c5cccc(-c6ccc7oc8ccccc8c7c6)c5)cc4)c4cccc5ccccc45)cc3)c2)cc1. The van der Waals surface area contributed by atoms with Crippen LogP contribution in [0.4, 0.5) is 17.1 Å². The summed E-state index contributed by atoms with van der Waals surface area (Å²) in [5, 5.41) is 4.70. The fraction of sp³-hybridized carbons (Fsp3) is 0. The Morgan fingerprint density at radius 1 is 0.278 bits per heavy atom. The van der Waals surface area contributed by atoms with Gasteiger partial charge in [-0.1, -0.05) is 152 Å². The highest BCUT2D eigenvalue weighted by Gasteiger charge is 2.16. The van der Waals surface area contributed by atoms with Gasteiger partial charge in [-0.15, -0.1) is 0 Å². The van der Waals surface area contributed by atoms with E-state index in [2.05, 4.69) is 205 Å². The van der Waals surface area contributed by atoms with Crippen LogP contribution in [-0.2, 0) is 0 Å². The normalized spacial score (nSPS) is 11.3. The minimum absolute atomic E-state index is 0.911. The minimum Gasteiger partial charge on any atom is -0.456 e. The molecule has 0 aliphatic heterocycles. The molecule has 10 aromatic rings. The van der Waals surface area contributed by atoms with Gasteiger partial charge in [0.15, 0.2) is 0 Å². The third-order valence-corrected chi connectivity index (χ3v) is 10.5. The summed E-state index contributed by atoms with van der Waals surface area (Å²) < 4.78 is 6.10. The second-order valence-electron chi connectivity index (χ2n) is 13.8. The predicted molar refractivity (Wildman–Crippen MR) is 228 cm³/mol. The number of anilines is 3. The fourth-order valence-corrected chi connectivity index (χ4v) is 7.73. The number of hydrogen-bond acceptors (Lipinski definition) is 2. The van der Waals surface area contributed by atoms with Gasteiger partial charge < -0.3 is 9.32 Å². The van der Waals surface area contributed by atoms with E-state index in [0.717, 1.165) is 39.0 Å². The molecule has 2 heteroatoms. The van der Waals surface area contributed by atoms with Gasteiger partial charge in [0.1, 0.15) is 11.2 Å². The van der Waals surface area contributed by atoms with E-state index in [4.69, 9.17) is 4.42 Å². The molecule has 0 unspecified atom stereocenters. The van der Waals surface area contributed by atoms with Crippen molar-refractivity contribution >= 4 is 49.8 Å². The highest BCUT2D eigenvalue weighted by atomic mass is 16.3. The van der Waals surface area contributed by atoms with Crippen molar-refractivity contribution < 1.29 is 4.42 Å². The third kappa shape index (κ3) is 5.81. The number of benzene rings is 9. The molecule has 0 aliphatic carbocycles. The lowest BCUT2D eigenvalue weighted by atomic mass is 9.97. The summed E-state index contributed by atoms with van der Waals surface area (Å²) in [6, 6.07) is 76.0. The first-order chi connectivity index (χ1) is 26.7. The van der Waals surface area contributed by atoms with Crippen molar-refractivity contribution in [2.24, 2.45) is 0 Å². The minimum atomic E-state index is 0.911. The molecule has 0 atom stereocenters. The van der Waals surface area contributed by atoms with Crippen LogP contribution >= 0.6 is 0 Å². The van der Waals surface area contributed by atoms with E-state index in [9.17, 15) is 0 Å². The molecular weight excluding hydrogens is 655 g/mol. The molecule has 0 fully saturated rings. The van der Waals surface area contributed by atoms with Crippen molar-refractivity contribution in [1.29, 1.82) is 0 Å². The predicted octanol–water partition coefficient (Wildman–Crippen LogP) is 14.9. The molecule has 1 aromatic heterocycles. The molecule has 0 spiro atoms. The molecule has 0 bridgehead atoms. The van der Waals surface area contributed by atoms with E-state index in [1.165, 1.54) is 55.3 Å². The maximum Gasteiger partial charge on any atom is 0.135 e. The molecule has 0 saturated carbocycles. The van der Waals surface area contributed by atoms with Gasteiger partial charge in [-0.25, -0.2) is 0 Å². The van der Waals surface area contributed by atoms with Gasteiger partial charge in [0, 0.05) is 27.5 Å². The first-order valence-electron chi connectivity index (χ1n) is 18.4. The van der Waals surface area contributed by atoms with Crippen LogP contribution in [0.2, 0.25) is 0 Å². The van der Waals surface area contributed by atoms with Crippen LogP contribution in [0, 0.1) is 0 Å². The van der Waals surface area contributed by atoms with Crippen molar-refractivity contribution in [3.05, 3.63) is 212 Å². The fourth-order valence-electron chi connectivity index (χ4n) is 7.73. The Bertz CT molecular complexity index is 2920. The smallest absolute Gasteiger partial charge is 0.135 e. The van der Waals surface area contributed by atoms with Crippen LogP contribution in [0.5, 0.6) is 0 Å². The molecule has 1 heterocycles. The standard InChI is InChI=1S/C52H35NO/c1-2-11-36(12-3-1)40-15-8-16-41(33-40)37-23-28-45(29-24-37)53(50-21-10-14-39-13-4-5-19-47(39)50)46-30-25-38(26-31-46)42-17-9-18-43(34-42)44-27-32-52-49(35-44)48-20-6-7-22-51(48)54-52/h1-35H. The van der Waals surface area contributed by atoms with E-state index >= 15 is 0 Å². The van der Waals surface area contributed by atoms with E-state index < -0.39 is 0 Å². The van der Waals surface area contributed by atoms with Crippen LogP contribution in [-0.4, -0.2) is 0 Å². The summed E-state index contributed by atoms with van der Waals surface area (Å²) in [6.07, 6.45) is 0. The average Bonchev–Trinajstić information content (AvgIpc) is 3.63. The monoisotopic (exact) mass is 689 g/mol. The lowest BCUT2D eigenvalue weighted by Crippen LogP contribution is -2.10. The number of hydrogen-bond donors (Lipinski definition) is 0. The van der Waals surface area contributed by atoms with Crippen molar-refractivity contribution in [3.8, 4) is 44.5 Å². The second-order valence-corrected chi connectivity index (χ2v) is 13.8. The lowest BCUT2D eigenvalue weighted by Gasteiger charge is -2.27. The maximum atomic E-state index is 6.10. The topological polar surface area (TPSA) is 16.4 Å². The molecule has 54 heavy (non-hydrogen) atoms. The van der Waals surface area contributed by atoms with Gasteiger partial charge in [-0.05, 0) is 111 Å². The molecule has 2 nitrogen and oxygen atoms in total. The molecule has 0 N–H and O–H groups in total. The van der Waals surface area contributed by atoms with E-state index in [1.54, 1.807) is 0 Å². The maximum absolute atomic E-state index is 6.10. The van der Waals surface area contributed by atoms with Gasteiger partial charge in [0.25, 0.3) is 0 Å². The van der Waals surface area contributed by atoms with Gasteiger partial charge in [-0.3, -0.25) is 0 Å². The van der Waals surface area contributed by atoms with Crippen LogP contribution in [0.25, 0.3) is 77.2 Å². The Morgan fingerprint density at radius 3 is 1.39 bits per heavy atom. The zero-order valence-electron chi connectivity index (χ0n) is 29.6. The van der Waals surface area contributed by atoms with Crippen molar-refractivity contribution in [1.82, 2.24) is 0 Å². The Balaban J connectivity index is 1.01. The van der Waals surface area contributed by atoms with Crippen LogP contribution in [0.3, 0.4) is 0 Å². The summed E-state index contributed by atoms with van der Waals surface area (Å²) in [5.74, 6) is 0. The Labute approximate surface area is 314 Å². The van der Waals surface area contributed by atoms with Gasteiger partial charge in [0.2, 0.25) is 0 Å². The Hall–Kier alpha value is -7.16.